The number of rotatable bonds is 7. The maximum Gasteiger partial charge on any atom is 0.409 e. The molecule has 10 rings (SSSR count). The van der Waals surface area contributed by atoms with E-state index in [9.17, 15) is 4.79 Å². The van der Waals surface area contributed by atoms with Crippen LogP contribution < -0.4 is 18.4 Å². The van der Waals surface area contributed by atoms with E-state index in [1.54, 1.807) is 19.2 Å². The fraction of sp³-hybridized carbons (Fsp3) is 0.102. The third kappa shape index (κ3) is 5.32. The number of aromatic nitrogens is 3. The molecule has 6 heteroatoms. The molecule has 6 aromatic carbocycles. The lowest BCUT2D eigenvalue weighted by Gasteiger charge is -2.17. The molecular weight excluding hydrogens is 679 g/mol. The Morgan fingerprint density at radius 2 is 1.07 bits per heavy atom. The molecule has 9 aromatic rings. The van der Waals surface area contributed by atoms with Crippen LogP contribution in [0.15, 0.2) is 164 Å². The molecule has 0 fully saturated rings. The smallest absolute Gasteiger partial charge is 0.409 e. The third-order valence-corrected chi connectivity index (χ3v) is 11.2. The van der Waals surface area contributed by atoms with Crippen LogP contribution in [0, 0.1) is 0 Å². The monoisotopic (exact) mass is 716 g/mol. The normalized spacial score (nSPS) is 13.8. The van der Waals surface area contributed by atoms with Crippen molar-refractivity contribution in [3.63, 3.8) is 0 Å². The van der Waals surface area contributed by atoms with E-state index in [2.05, 4.69) is 162 Å². The SMILES string of the molecule is COc1ccc2[n+](c1)C(C[n+]1c(-c3ccccc3Cc3ccccc3-c3c4ccccc4c4ccccc4[n+]3C)c3ccccc3c3ccccc31)OC2=O. The maximum absolute atomic E-state index is 13.2. The molecule has 1 aliphatic rings. The molecule has 0 N–H and O–H groups in total. The van der Waals surface area contributed by atoms with E-state index in [4.69, 9.17) is 9.47 Å². The second-order valence-corrected chi connectivity index (χ2v) is 14.2. The molecule has 1 unspecified atom stereocenters. The minimum absolute atomic E-state index is 0.341. The Bertz CT molecular complexity index is 3010. The Balaban J connectivity index is 1.18. The zero-order chi connectivity index (χ0) is 37.0. The van der Waals surface area contributed by atoms with Gasteiger partial charge in [0.15, 0.2) is 5.75 Å². The number of para-hydroxylation sites is 2. The second-order valence-electron chi connectivity index (χ2n) is 14.2. The van der Waals surface area contributed by atoms with Crippen molar-refractivity contribution in [3.05, 3.63) is 181 Å². The Kier molecular flexibility index (Phi) is 7.84. The number of benzene rings is 6. The molecule has 0 radical (unpaired) electrons. The number of fused-ring (bicyclic) bond motifs is 7. The molecule has 55 heavy (non-hydrogen) atoms. The van der Waals surface area contributed by atoms with Gasteiger partial charge >= 0.3 is 12.2 Å². The average molecular weight is 717 g/mol. The first-order valence-electron chi connectivity index (χ1n) is 18.7. The van der Waals surface area contributed by atoms with Crippen LogP contribution in [0.1, 0.15) is 27.8 Å². The van der Waals surface area contributed by atoms with E-state index < -0.39 is 6.23 Å². The molecule has 1 aliphatic heterocycles. The summed E-state index contributed by atoms with van der Waals surface area (Å²) in [4.78, 5) is 13.2. The molecule has 0 amide bonds. The highest BCUT2D eigenvalue weighted by atomic mass is 16.6. The van der Waals surface area contributed by atoms with E-state index in [0.29, 0.717) is 24.4 Å². The number of methoxy groups -OCH3 is 1. The fourth-order valence-corrected chi connectivity index (χ4v) is 8.72. The summed E-state index contributed by atoms with van der Waals surface area (Å²) in [6.07, 6.45) is 2.00. The van der Waals surface area contributed by atoms with Crippen molar-refractivity contribution in [1.29, 1.82) is 0 Å². The lowest BCUT2D eigenvalue weighted by atomic mass is 9.90. The number of hydrogen-bond donors (Lipinski definition) is 0. The first kappa shape index (κ1) is 32.7. The van der Waals surface area contributed by atoms with Crippen molar-refractivity contribution < 1.29 is 28.0 Å². The quantitative estimate of drug-likeness (QED) is 0.0940. The molecule has 0 saturated heterocycles. The minimum Gasteiger partial charge on any atom is -0.491 e. The predicted molar refractivity (Wildman–Crippen MR) is 216 cm³/mol. The molecular formula is C49H38N3O3+3. The standard InChI is InChI=1S/C49H38N3O3/c1-50-43-25-13-11-21-39(43)37-19-7-9-23-41(37)47(50)35-17-5-3-15-32(35)29-33-16-4-6-18-36(33)48-42-24-10-8-20-38(42)40-22-12-14-26-44(40)52(48)31-46-51-30-34(54-2)27-28-45(51)49(53)55-46/h3-28,30,46H,29,31H2,1-2H3/q+3. The van der Waals surface area contributed by atoms with Gasteiger partial charge in [-0.2, -0.15) is 9.13 Å². The molecule has 4 heterocycles. The van der Waals surface area contributed by atoms with Gasteiger partial charge in [0.1, 0.15) is 7.05 Å². The van der Waals surface area contributed by atoms with Crippen LogP contribution in [-0.4, -0.2) is 13.1 Å². The Labute approximate surface area is 318 Å². The van der Waals surface area contributed by atoms with Crippen LogP contribution in [0.4, 0.5) is 0 Å². The maximum atomic E-state index is 13.2. The number of carbonyl (C=O) groups is 1. The van der Waals surface area contributed by atoms with Crippen LogP contribution in [0.5, 0.6) is 5.75 Å². The van der Waals surface area contributed by atoms with Crippen molar-refractivity contribution in [3.8, 4) is 28.3 Å². The molecule has 0 bridgehead atoms. The number of ether oxygens (including phenoxy) is 2. The summed E-state index contributed by atoms with van der Waals surface area (Å²) in [6, 6.07) is 55.7. The van der Waals surface area contributed by atoms with Crippen molar-refractivity contribution in [2.24, 2.45) is 7.05 Å². The van der Waals surface area contributed by atoms with Gasteiger partial charge in [-0.25, -0.2) is 4.79 Å². The Morgan fingerprint density at radius 3 is 1.73 bits per heavy atom. The van der Waals surface area contributed by atoms with Gasteiger partial charge in [-0.1, -0.05) is 97.1 Å². The highest BCUT2D eigenvalue weighted by Gasteiger charge is 2.44. The lowest BCUT2D eigenvalue weighted by molar-refractivity contribution is -0.803. The van der Waals surface area contributed by atoms with Gasteiger partial charge < -0.3 is 9.47 Å². The van der Waals surface area contributed by atoms with E-state index >= 15 is 0 Å². The van der Waals surface area contributed by atoms with Gasteiger partial charge in [-0.05, 0) is 60.0 Å². The summed E-state index contributed by atoms with van der Waals surface area (Å²) in [7, 11) is 3.82. The van der Waals surface area contributed by atoms with Crippen LogP contribution in [0.25, 0.3) is 65.9 Å². The van der Waals surface area contributed by atoms with E-state index in [0.717, 1.165) is 27.5 Å². The van der Waals surface area contributed by atoms with Crippen molar-refractivity contribution in [1.82, 2.24) is 0 Å². The molecule has 0 aliphatic carbocycles. The summed E-state index contributed by atoms with van der Waals surface area (Å²) >= 11 is 0. The number of cyclic esters (lactones) is 1. The number of nitrogens with zero attached hydrogens (tertiary/aromatic N) is 3. The second kappa shape index (κ2) is 13.2. The topological polar surface area (TPSA) is 47.2 Å². The Morgan fingerprint density at radius 1 is 0.564 bits per heavy atom. The zero-order valence-electron chi connectivity index (χ0n) is 30.6. The van der Waals surface area contributed by atoms with E-state index in [1.165, 1.54) is 49.4 Å². The molecule has 6 nitrogen and oxygen atoms in total. The molecule has 1 atom stereocenters. The molecule has 0 saturated carbocycles. The van der Waals surface area contributed by atoms with Gasteiger partial charge in [-0.3, -0.25) is 0 Å². The number of aryl methyl sites for hydroxylation is 1. The van der Waals surface area contributed by atoms with E-state index in [-0.39, 0.29) is 5.97 Å². The van der Waals surface area contributed by atoms with Crippen LogP contribution in [0.2, 0.25) is 0 Å². The number of hydrogen-bond acceptors (Lipinski definition) is 3. The summed E-state index contributed by atoms with van der Waals surface area (Å²) in [5.41, 5.74) is 9.82. The van der Waals surface area contributed by atoms with Gasteiger partial charge in [0.2, 0.25) is 35.2 Å². The van der Waals surface area contributed by atoms with Crippen molar-refractivity contribution >= 4 is 49.3 Å². The summed E-state index contributed by atoms with van der Waals surface area (Å²) in [5, 5.41) is 7.16. The van der Waals surface area contributed by atoms with E-state index in [1.807, 2.05) is 10.8 Å². The number of carbonyl (C=O) groups excluding carboxylic acids is 1. The van der Waals surface area contributed by atoms with Crippen molar-refractivity contribution in [2.75, 3.05) is 7.11 Å². The van der Waals surface area contributed by atoms with Crippen LogP contribution >= 0.6 is 0 Å². The first-order valence-corrected chi connectivity index (χ1v) is 18.7. The van der Waals surface area contributed by atoms with Crippen molar-refractivity contribution in [2.45, 2.75) is 19.2 Å². The fourth-order valence-electron chi connectivity index (χ4n) is 8.72. The predicted octanol–water partition coefficient (Wildman–Crippen LogP) is 9.00. The zero-order valence-corrected chi connectivity index (χ0v) is 30.6. The first-order chi connectivity index (χ1) is 27.1. The van der Waals surface area contributed by atoms with Gasteiger partial charge in [-0.15, -0.1) is 4.57 Å². The molecule has 0 spiro atoms. The van der Waals surface area contributed by atoms with Gasteiger partial charge in [0, 0.05) is 29.0 Å². The average Bonchev–Trinajstić information content (AvgIpc) is 3.55. The summed E-state index contributed by atoms with van der Waals surface area (Å²) < 4.78 is 18.3. The Hall–Kier alpha value is -6.92. The van der Waals surface area contributed by atoms with Gasteiger partial charge in [0.25, 0.3) is 5.69 Å². The molecule has 3 aromatic heterocycles. The number of esters is 1. The number of pyridine rings is 3. The lowest BCUT2D eigenvalue weighted by Crippen LogP contribution is -2.49. The molecule has 264 valence electrons. The third-order valence-electron chi connectivity index (χ3n) is 11.2. The van der Waals surface area contributed by atoms with Crippen LogP contribution in [0.3, 0.4) is 0 Å². The van der Waals surface area contributed by atoms with Gasteiger partial charge in [0.05, 0.1) is 39.8 Å². The minimum atomic E-state index is -0.569. The largest absolute Gasteiger partial charge is 0.491 e. The highest BCUT2D eigenvalue weighted by Crippen LogP contribution is 2.37. The summed E-state index contributed by atoms with van der Waals surface area (Å²) in [6.45, 7) is 0.404. The summed E-state index contributed by atoms with van der Waals surface area (Å²) in [5.74, 6) is 0.323. The van der Waals surface area contributed by atoms with Crippen LogP contribution in [-0.2, 0) is 24.8 Å². The highest BCUT2D eigenvalue weighted by molar-refractivity contribution is 6.10.